The number of nitrogens with one attached hydrogen (secondary N) is 1. The summed E-state index contributed by atoms with van der Waals surface area (Å²) in [6.07, 6.45) is 6.00. The van der Waals surface area contributed by atoms with E-state index in [0.717, 1.165) is 29.8 Å². The quantitative estimate of drug-likeness (QED) is 0.787. The Kier molecular flexibility index (Phi) is 7.04. The molecule has 2 rings (SSSR count). The van der Waals surface area contributed by atoms with Crippen LogP contribution < -0.4 is 5.32 Å². The van der Waals surface area contributed by atoms with Crippen molar-refractivity contribution in [2.45, 2.75) is 70.6 Å². The molecule has 5 heteroatoms. The summed E-state index contributed by atoms with van der Waals surface area (Å²) in [6.45, 7) is 7.82. The number of thioether (sulfide) groups is 1. The second kappa shape index (κ2) is 8.79. The summed E-state index contributed by atoms with van der Waals surface area (Å²) in [5.41, 5.74) is 0. The molecule has 0 aliphatic heterocycles. The lowest BCUT2D eigenvalue weighted by atomic mass is 9.86. The van der Waals surface area contributed by atoms with Gasteiger partial charge in [0.15, 0.2) is 5.82 Å². The van der Waals surface area contributed by atoms with Gasteiger partial charge in [0, 0.05) is 12.0 Å². The van der Waals surface area contributed by atoms with E-state index >= 15 is 0 Å². The van der Waals surface area contributed by atoms with Crippen molar-refractivity contribution in [2.75, 3.05) is 12.3 Å². The van der Waals surface area contributed by atoms with E-state index in [1.165, 1.54) is 32.1 Å². The third-order valence-corrected chi connectivity index (χ3v) is 5.29. The van der Waals surface area contributed by atoms with E-state index in [0.29, 0.717) is 17.9 Å². The zero-order valence-electron chi connectivity index (χ0n) is 13.6. The molecular weight excluding hydrogens is 282 g/mol. The normalized spacial score (nSPS) is 22.9. The van der Waals surface area contributed by atoms with Crippen LogP contribution in [-0.4, -0.2) is 28.5 Å². The summed E-state index contributed by atoms with van der Waals surface area (Å²) in [6, 6.07) is 0.685. The molecule has 0 amide bonds. The van der Waals surface area contributed by atoms with Crippen LogP contribution in [0.5, 0.6) is 0 Å². The first-order valence-corrected chi connectivity index (χ1v) is 9.48. The molecule has 1 heterocycles. The summed E-state index contributed by atoms with van der Waals surface area (Å²) in [5.74, 6) is 4.94. The maximum Gasteiger partial charge on any atom is 0.229 e. The standard InChI is InChI=1S/C16H29N3OS/c1-4-9-17-14-7-5-13(6-8-14)16-18-15(19-20-16)11-21-10-12(2)3/h12-14,17H,4-11H2,1-3H3. The first-order valence-electron chi connectivity index (χ1n) is 8.32. The Labute approximate surface area is 132 Å². The fourth-order valence-electron chi connectivity index (χ4n) is 2.77. The van der Waals surface area contributed by atoms with Gasteiger partial charge in [0.2, 0.25) is 5.89 Å². The first kappa shape index (κ1) is 16.8. The van der Waals surface area contributed by atoms with Crippen LogP contribution in [0.4, 0.5) is 0 Å². The smallest absolute Gasteiger partial charge is 0.229 e. The summed E-state index contributed by atoms with van der Waals surface area (Å²) in [4.78, 5) is 4.60. The van der Waals surface area contributed by atoms with Crippen molar-refractivity contribution in [1.82, 2.24) is 15.5 Å². The topological polar surface area (TPSA) is 51.0 Å². The summed E-state index contributed by atoms with van der Waals surface area (Å²) in [5, 5.41) is 7.75. The molecular formula is C16H29N3OS. The molecule has 0 saturated heterocycles. The zero-order chi connectivity index (χ0) is 15.1. The van der Waals surface area contributed by atoms with Crippen molar-refractivity contribution in [1.29, 1.82) is 0 Å². The van der Waals surface area contributed by atoms with Crippen LogP contribution in [0, 0.1) is 5.92 Å². The highest BCUT2D eigenvalue weighted by Gasteiger charge is 2.26. The van der Waals surface area contributed by atoms with Crippen LogP contribution in [0.2, 0.25) is 0 Å². The van der Waals surface area contributed by atoms with Gasteiger partial charge in [-0.25, -0.2) is 0 Å². The van der Waals surface area contributed by atoms with Gasteiger partial charge in [-0.15, -0.1) is 0 Å². The fourth-order valence-corrected chi connectivity index (χ4v) is 3.66. The fraction of sp³-hybridized carbons (Fsp3) is 0.875. The molecule has 0 unspecified atom stereocenters. The molecule has 4 nitrogen and oxygen atoms in total. The Morgan fingerprint density at radius 1 is 1.29 bits per heavy atom. The lowest BCUT2D eigenvalue weighted by Gasteiger charge is -2.27. The molecule has 1 fully saturated rings. The van der Waals surface area contributed by atoms with Crippen molar-refractivity contribution in [3.05, 3.63) is 11.7 Å². The lowest BCUT2D eigenvalue weighted by molar-refractivity contribution is 0.282. The van der Waals surface area contributed by atoms with Gasteiger partial charge in [0.25, 0.3) is 0 Å². The van der Waals surface area contributed by atoms with Gasteiger partial charge >= 0.3 is 0 Å². The van der Waals surface area contributed by atoms with Crippen molar-refractivity contribution in [3.63, 3.8) is 0 Å². The second-order valence-corrected chi connectivity index (χ2v) is 7.49. The highest BCUT2D eigenvalue weighted by Crippen LogP contribution is 2.32. The minimum atomic E-state index is 0.473. The number of hydrogen-bond donors (Lipinski definition) is 1. The molecule has 1 aromatic heterocycles. The van der Waals surface area contributed by atoms with Crippen molar-refractivity contribution in [3.8, 4) is 0 Å². The minimum Gasteiger partial charge on any atom is -0.339 e. The van der Waals surface area contributed by atoms with Gasteiger partial charge in [-0.3, -0.25) is 0 Å². The zero-order valence-corrected chi connectivity index (χ0v) is 14.4. The Morgan fingerprint density at radius 3 is 2.71 bits per heavy atom. The SMILES string of the molecule is CCCNC1CCC(c2nc(CSCC(C)C)no2)CC1. The summed E-state index contributed by atoms with van der Waals surface area (Å²) < 4.78 is 5.48. The molecule has 0 atom stereocenters. The van der Waals surface area contributed by atoms with Gasteiger partial charge in [0.05, 0.1) is 5.75 Å². The Bertz CT molecular complexity index is 400. The minimum absolute atomic E-state index is 0.473. The molecule has 0 spiro atoms. The molecule has 0 radical (unpaired) electrons. The first-order chi connectivity index (χ1) is 10.2. The number of hydrogen-bond acceptors (Lipinski definition) is 5. The van der Waals surface area contributed by atoms with Crippen molar-refractivity contribution >= 4 is 11.8 Å². The third-order valence-electron chi connectivity index (χ3n) is 3.93. The van der Waals surface area contributed by atoms with Crippen molar-refractivity contribution < 1.29 is 4.52 Å². The van der Waals surface area contributed by atoms with Crippen LogP contribution >= 0.6 is 11.8 Å². The molecule has 0 bridgehead atoms. The predicted molar refractivity (Wildman–Crippen MR) is 88.6 cm³/mol. The van der Waals surface area contributed by atoms with Crippen LogP contribution in [0.3, 0.4) is 0 Å². The van der Waals surface area contributed by atoms with Gasteiger partial charge < -0.3 is 9.84 Å². The van der Waals surface area contributed by atoms with E-state index in [1.807, 2.05) is 11.8 Å². The van der Waals surface area contributed by atoms with Gasteiger partial charge in [-0.05, 0) is 50.3 Å². The highest BCUT2D eigenvalue weighted by molar-refractivity contribution is 7.98. The predicted octanol–water partition coefficient (Wildman–Crippen LogP) is 3.98. The van der Waals surface area contributed by atoms with E-state index in [9.17, 15) is 0 Å². The average Bonchev–Trinajstić information content (AvgIpc) is 2.94. The maximum atomic E-state index is 5.48. The summed E-state index contributed by atoms with van der Waals surface area (Å²) >= 11 is 1.89. The monoisotopic (exact) mass is 311 g/mol. The summed E-state index contributed by atoms with van der Waals surface area (Å²) in [7, 11) is 0. The van der Waals surface area contributed by atoms with E-state index in [2.05, 4.69) is 36.2 Å². The Balaban J connectivity index is 1.74. The lowest BCUT2D eigenvalue weighted by Crippen LogP contribution is -2.33. The largest absolute Gasteiger partial charge is 0.339 e. The molecule has 1 saturated carbocycles. The average molecular weight is 311 g/mol. The molecule has 120 valence electrons. The van der Waals surface area contributed by atoms with Crippen LogP contribution in [0.1, 0.15) is 70.5 Å². The number of aromatic nitrogens is 2. The van der Waals surface area contributed by atoms with Crippen molar-refractivity contribution in [2.24, 2.45) is 5.92 Å². The molecule has 1 N–H and O–H groups in total. The van der Waals surface area contributed by atoms with Gasteiger partial charge in [-0.2, -0.15) is 16.7 Å². The van der Waals surface area contributed by atoms with E-state index in [-0.39, 0.29) is 0 Å². The molecule has 21 heavy (non-hydrogen) atoms. The van der Waals surface area contributed by atoms with E-state index in [4.69, 9.17) is 4.52 Å². The molecule has 0 aromatic carbocycles. The van der Waals surface area contributed by atoms with Crippen LogP contribution in [0.25, 0.3) is 0 Å². The van der Waals surface area contributed by atoms with Gasteiger partial charge in [-0.1, -0.05) is 25.9 Å². The second-order valence-electron chi connectivity index (χ2n) is 6.46. The molecule has 1 aliphatic carbocycles. The third kappa shape index (κ3) is 5.62. The highest BCUT2D eigenvalue weighted by atomic mass is 32.2. The molecule has 1 aromatic rings. The van der Waals surface area contributed by atoms with Crippen LogP contribution in [-0.2, 0) is 5.75 Å². The maximum absolute atomic E-state index is 5.48. The van der Waals surface area contributed by atoms with E-state index in [1.54, 1.807) is 0 Å². The number of rotatable bonds is 8. The number of nitrogens with zero attached hydrogens (tertiary/aromatic N) is 2. The van der Waals surface area contributed by atoms with Crippen LogP contribution in [0.15, 0.2) is 4.52 Å². The van der Waals surface area contributed by atoms with E-state index < -0.39 is 0 Å². The Hall–Kier alpha value is -0.550. The Morgan fingerprint density at radius 2 is 2.05 bits per heavy atom. The molecule has 1 aliphatic rings. The van der Waals surface area contributed by atoms with Gasteiger partial charge in [0.1, 0.15) is 0 Å².